The van der Waals surface area contributed by atoms with E-state index in [4.69, 9.17) is 5.73 Å². The minimum Gasteiger partial charge on any atom is -0.378 e. The van der Waals surface area contributed by atoms with Crippen LogP contribution in [0.4, 0.5) is 5.69 Å². The molecule has 0 aliphatic heterocycles. The van der Waals surface area contributed by atoms with Crippen molar-refractivity contribution >= 4 is 11.6 Å². The Bertz CT molecular complexity index is 400. The Labute approximate surface area is 116 Å². The predicted molar refractivity (Wildman–Crippen MR) is 80.1 cm³/mol. The second-order valence-corrected chi connectivity index (χ2v) is 5.15. The van der Waals surface area contributed by atoms with Crippen LogP contribution in [0.25, 0.3) is 0 Å². The van der Waals surface area contributed by atoms with E-state index in [2.05, 4.69) is 17.0 Å². The topological polar surface area (TPSA) is 49.6 Å². The molecule has 1 atom stereocenters. The summed E-state index contributed by atoms with van der Waals surface area (Å²) in [6, 6.07) is 7.82. The number of anilines is 1. The summed E-state index contributed by atoms with van der Waals surface area (Å²) in [5, 5.41) is 0. The molecule has 4 heteroatoms. The first-order valence-corrected chi connectivity index (χ1v) is 6.72. The van der Waals surface area contributed by atoms with E-state index in [0.717, 1.165) is 24.1 Å². The van der Waals surface area contributed by atoms with Gasteiger partial charge in [0.1, 0.15) is 0 Å². The molecule has 0 heterocycles. The molecule has 2 N–H and O–H groups in total. The molecule has 1 amide bonds. The number of benzene rings is 1. The van der Waals surface area contributed by atoms with Gasteiger partial charge in [0.25, 0.3) is 0 Å². The maximum Gasteiger partial charge on any atom is 0.239 e. The van der Waals surface area contributed by atoms with Crippen molar-refractivity contribution in [2.45, 2.75) is 32.4 Å². The highest BCUT2D eigenvalue weighted by atomic mass is 16.2. The van der Waals surface area contributed by atoms with Crippen molar-refractivity contribution in [2.75, 3.05) is 26.0 Å². The van der Waals surface area contributed by atoms with E-state index in [1.807, 2.05) is 33.2 Å². The van der Waals surface area contributed by atoms with Gasteiger partial charge in [-0.2, -0.15) is 0 Å². The third-order valence-electron chi connectivity index (χ3n) is 3.17. The Balaban J connectivity index is 2.61. The van der Waals surface area contributed by atoms with E-state index in [9.17, 15) is 4.79 Å². The number of likely N-dealkylation sites (N-methyl/N-ethyl adjacent to an activating group) is 1. The van der Waals surface area contributed by atoms with Gasteiger partial charge >= 0.3 is 0 Å². The van der Waals surface area contributed by atoms with Gasteiger partial charge in [-0.3, -0.25) is 4.79 Å². The van der Waals surface area contributed by atoms with Crippen molar-refractivity contribution in [1.82, 2.24) is 4.90 Å². The number of hydrogen-bond donors (Lipinski definition) is 1. The number of carbonyl (C=O) groups excluding carboxylic acids is 1. The highest BCUT2D eigenvalue weighted by molar-refractivity contribution is 5.81. The van der Waals surface area contributed by atoms with E-state index in [1.54, 1.807) is 11.9 Å². The molecule has 0 fully saturated rings. The number of nitrogens with zero attached hydrogens (tertiary/aromatic N) is 2. The minimum atomic E-state index is -0.379. The monoisotopic (exact) mass is 263 g/mol. The molecule has 0 spiro atoms. The molecule has 0 aliphatic rings. The lowest BCUT2D eigenvalue weighted by molar-refractivity contribution is -0.131. The van der Waals surface area contributed by atoms with Gasteiger partial charge in [0.05, 0.1) is 6.04 Å². The molecule has 1 rings (SSSR count). The highest BCUT2D eigenvalue weighted by Crippen LogP contribution is 2.13. The molecule has 0 bridgehead atoms. The van der Waals surface area contributed by atoms with Gasteiger partial charge in [0.15, 0.2) is 0 Å². The van der Waals surface area contributed by atoms with Crippen LogP contribution in [-0.2, 0) is 11.3 Å². The molecule has 0 saturated carbocycles. The van der Waals surface area contributed by atoms with Crippen LogP contribution in [-0.4, -0.2) is 38.0 Å². The fourth-order valence-electron chi connectivity index (χ4n) is 1.97. The van der Waals surface area contributed by atoms with Crippen LogP contribution in [0.2, 0.25) is 0 Å². The fraction of sp³-hybridized carbons (Fsp3) is 0.533. The maximum absolute atomic E-state index is 12.0. The molecule has 0 aromatic heterocycles. The van der Waals surface area contributed by atoms with E-state index in [0.29, 0.717) is 6.54 Å². The van der Waals surface area contributed by atoms with Gasteiger partial charge in [0.2, 0.25) is 5.91 Å². The average Bonchev–Trinajstić information content (AvgIpc) is 2.38. The van der Waals surface area contributed by atoms with Crippen LogP contribution in [0.15, 0.2) is 24.3 Å². The van der Waals surface area contributed by atoms with Gasteiger partial charge in [-0.1, -0.05) is 25.5 Å². The zero-order valence-electron chi connectivity index (χ0n) is 12.4. The molecule has 0 aliphatic carbocycles. The van der Waals surface area contributed by atoms with Crippen molar-refractivity contribution in [3.63, 3.8) is 0 Å². The van der Waals surface area contributed by atoms with Crippen LogP contribution in [0.3, 0.4) is 0 Å². The smallest absolute Gasteiger partial charge is 0.239 e. The van der Waals surface area contributed by atoms with Crippen molar-refractivity contribution in [3.05, 3.63) is 29.8 Å². The maximum atomic E-state index is 12.0. The first-order valence-electron chi connectivity index (χ1n) is 6.72. The standard InChI is InChI=1S/C15H25N3O/c1-5-6-14(16)15(19)18(4)11-12-7-9-13(10-8-12)17(2)3/h7-10,14H,5-6,11,16H2,1-4H3/t14-/m1/s1. The Kier molecular flexibility index (Phi) is 5.83. The largest absolute Gasteiger partial charge is 0.378 e. The SMILES string of the molecule is CCC[C@@H](N)C(=O)N(C)Cc1ccc(N(C)C)cc1. The molecule has 0 unspecified atom stereocenters. The van der Waals surface area contributed by atoms with E-state index in [1.165, 1.54) is 0 Å². The lowest BCUT2D eigenvalue weighted by atomic mass is 10.1. The molecule has 1 aromatic rings. The Morgan fingerprint density at radius 2 is 1.79 bits per heavy atom. The molecular weight excluding hydrogens is 238 g/mol. The summed E-state index contributed by atoms with van der Waals surface area (Å²) in [5.41, 5.74) is 8.12. The fourth-order valence-corrected chi connectivity index (χ4v) is 1.97. The van der Waals surface area contributed by atoms with E-state index < -0.39 is 0 Å². The van der Waals surface area contributed by atoms with Crippen LogP contribution < -0.4 is 10.6 Å². The Morgan fingerprint density at radius 1 is 1.21 bits per heavy atom. The number of hydrogen-bond acceptors (Lipinski definition) is 3. The quantitative estimate of drug-likeness (QED) is 0.852. The van der Waals surface area contributed by atoms with E-state index in [-0.39, 0.29) is 11.9 Å². The molecule has 4 nitrogen and oxygen atoms in total. The predicted octanol–water partition coefficient (Wildman–Crippen LogP) is 1.84. The lowest BCUT2D eigenvalue weighted by Crippen LogP contribution is -2.41. The summed E-state index contributed by atoms with van der Waals surface area (Å²) >= 11 is 0. The number of carbonyl (C=O) groups is 1. The Morgan fingerprint density at radius 3 is 2.26 bits per heavy atom. The second-order valence-electron chi connectivity index (χ2n) is 5.15. The summed E-state index contributed by atoms with van der Waals surface area (Å²) in [7, 11) is 5.82. The third kappa shape index (κ3) is 4.56. The zero-order chi connectivity index (χ0) is 14.4. The van der Waals surface area contributed by atoms with Gasteiger partial charge in [-0.05, 0) is 24.1 Å². The normalized spacial score (nSPS) is 12.1. The van der Waals surface area contributed by atoms with Crippen molar-refractivity contribution < 1.29 is 4.79 Å². The first-order chi connectivity index (χ1) is 8.95. The molecule has 19 heavy (non-hydrogen) atoms. The van der Waals surface area contributed by atoms with Gasteiger partial charge in [-0.15, -0.1) is 0 Å². The number of rotatable bonds is 6. The summed E-state index contributed by atoms with van der Waals surface area (Å²) in [6.45, 7) is 2.64. The molecule has 1 aromatic carbocycles. The van der Waals surface area contributed by atoms with Gasteiger partial charge in [0, 0.05) is 33.4 Å². The summed E-state index contributed by atoms with van der Waals surface area (Å²) in [4.78, 5) is 15.8. The third-order valence-corrected chi connectivity index (χ3v) is 3.17. The van der Waals surface area contributed by atoms with Crippen LogP contribution >= 0.6 is 0 Å². The summed E-state index contributed by atoms with van der Waals surface area (Å²) in [6.07, 6.45) is 1.67. The lowest BCUT2D eigenvalue weighted by Gasteiger charge is -2.21. The molecule has 0 radical (unpaired) electrons. The van der Waals surface area contributed by atoms with Crippen LogP contribution in [0, 0.1) is 0 Å². The molecular formula is C15H25N3O. The number of amides is 1. The summed E-state index contributed by atoms with van der Waals surface area (Å²) in [5.74, 6) is 0.0125. The van der Waals surface area contributed by atoms with E-state index >= 15 is 0 Å². The first kappa shape index (κ1) is 15.5. The number of nitrogens with two attached hydrogens (primary N) is 1. The zero-order valence-corrected chi connectivity index (χ0v) is 12.4. The highest BCUT2D eigenvalue weighted by Gasteiger charge is 2.17. The summed E-state index contributed by atoms with van der Waals surface area (Å²) < 4.78 is 0. The van der Waals surface area contributed by atoms with Gasteiger partial charge in [-0.25, -0.2) is 0 Å². The van der Waals surface area contributed by atoms with Gasteiger partial charge < -0.3 is 15.5 Å². The van der Waals surface area contributed by atoms with Crippen molar-refractivity contribution in [3.8, 4) is 0 Å². The van der Waals surface area contributed by atoms with Crippen LogP contribution in [0.5, 0.6) is 0 Å². The second kappa shape index (κ2) is 7.14. The minimum absolute atomic E-state index is 0.0125. The van der Waals surface area contributed by atoms with Crippen molar-refractivity contribution in [2.24, 2.45) is 5.73 Å². The molecule has 106 valence electrons. The average molecular weight is 263 g/mol. The Hall–Kier alpha value is -1.55. The van der Waals surface area contributed by atoms with Crippen LogP contribution in [0.1, 0.15) is 25.3 Å². The molecule has 0 saturated heterocycles. The van der Waals surface area contributed by atoms with Crippen molar-refractivity contribution in [1.29, 1.82) is 0 Å².